The smallest absolute Gasteiger partial charge is 0.229 e. The second-order valence-corrected chi connectivity index (χ2v) is 8.32. The molecule has 0 heterocycles. The minimum atomic E-state index is -3.36. The summed E-state index contributed by atoms with van der Waals surface area (Å²) in [5.41, 5.74) is 0.825. The number of carbonyl (C=O) groups is 1. The molecule has 0 amide bonds. The number of hydrogen-bond acceptors (Lipinski definition) is 4. The Morgan fingerprint density at radius 3 is 2.26 bits per heavy atom. The molecule has 0 saturated carbocycles. The van der Waals surface area contributed by atoms with Crippen LogP contribution in [0.25, 0.3) is 10.8 Å². The molecule has 1 atom stereocenters. The van der Waals surface area contributed by atoms with Crippen molar-refractivity contribution >= 4 is 43.9 Å². The largest absolute Gasteiger partial charge is 0.482 e. The van der Waals surface area contributed by atoms with Gasteiger partial charge in [-0.05, 0) is 43.3 Å². The first kappa shape index (κ1) is 19.2. The third-order valence-electron chi connectivity index (χ3n) is 3.98. The quantitative estimate of drug-likeness (QED) is 0.614. The van der Waals surface area contributed by atoms with Gasteiger partial charge in [-0.2, -0.15) is 0 Å². The van der Waals surface area contributed by atoms with Crippen LogP contribution >= 0.6 is 11.6 Å². The number of fused-ring (bicyclic) bond motifs is 1. The number of halogens is 1. The van der Waals surface area contributed by atoms with Crippen LogP contribution in [0.4, 0.5) is 5.69 Å². The van der Waals surface area contributed by atoms with Crippen LogP contribution in [0.1, 0.15) is 17.3 Å². The summed E-state index contributed by atoms with van der Waals surface area (Å²) in [5.74, 6) is 0.367. The van der Waals surface area contributed by atoms with E-state index in [0.717, 1.165) is 17.0 Å². The molecular weight excluding hydrogens is 386 g/mol. The van der Waals surface area contributed by atoms with Crippen LogP contribution in [0.2, 0.25) is 5.02 Å². The highest BCUT2D eigenvalue weighted by Crippen LogP contribution is 2.32. The first-order valence-electron chi connectivity index (χ1n) is 8.20. The van der Waals surface area contributed by atoms with Crippen molar-refractivity contribution in [3.05, 3.63) is 71.2 Å². The van der Waals surface area contributed by atoms with Crippen molar-refractivity contribution in [1.82, 2.24) is 0 Å². The number of ether oxygens (including phenoxy) is 1. The highest BCUT2D eigenvalue weighted by molar-refractivity contribution is 7.92. The van der Waals surface area contributed by atoms with E-state index in [2.05, 4.69) is 4.72 Å². The second kappa shape index (κ2) is 7.58. The van der Waals surface area contributed by atoms with Gasteiger partial charge in [0.25, 0.3) is 0 Å². The summed E-state index contributed by atoms with van der Waals surface area (Å²) in [6.07, 6.45) is 0.349. The fourth-order valence-electron chi connectivity index (χ4n) is 2.73. The van der Waals surface area contributed by atoms with E-state index in [1.807, 2.05) is 24.3 Å². The normalized spacial score (nSPS) is 12.6. The number of benzene rings is 3. The van der Waals surface area contributed by atoms with Gasteiger partial charge in [0.05, 0.1) is 6.26 Å². The number of hydrogen-bond donors (Lipinski definition) is 1. The van der Waals surface area contributed by atoms with E-state index in [4.69, 9.17) is 16.3 Å². The van der Waals surface area contributed by atoms with Crippen LogP contribution in [0.3, 0.4) is 0 Å². The van der Waals surface area contributed by atoms with E-state index in [1.165, 1.54) is 0 Å². The molecule has 0 fully saturated rings. The van der Waals surface area contributed by atoms with E-state index >= 15 is 0 Å². The average molecular weight is 404 g/mol. The Balaban J connectivity index is 1.80. The zero-order valence-corrected chi connectivity index (χ0v) is 16.3. The van der Waals surface area contributed by atoms with Crippen molar-refractivity contribution in [1.29, 1.82) is 0 Å². The molecule has 0 aliphatic rings. The molecule has 0 saturated heterocycles. The Labute approximate surface area is 163 Å². The summed E-state index contributed by atoms with van der Waals surface area (Å²) in [5, 5.41) is 2.30. The van der Waals surface area contributed by atoms with Crippen molar-refractivity contribution < 1.29 is 17.9 Å². The third kappa shape index (κ3) is 4.59. The number of ketones is 1. The molecule has 0 unspecified atom stereocenters. The first-order chi connectivity index (χ1) is 12.7. The maximum Gasteiger partial charge on any atom is 0.229 e. The Kier molecular flexibility index (Phi) is 5.39. The molecule has 0 bridgehead atoms. The van der Waals surface area contributed by atoms with Crippen LogP contribution in [-0.2, 0) is 10.0 Å². The lowest BCUT2D eigenvalue weighted by atomic mass is 10.1. The number of rotatable bonds is 6. The third-order valence-corrected chi connectivity index (χ3v) is 4.91. The number of carbonyl (C=O) groups excluding carboxylic acids is 1. The van der Waals surface area contributed by atoms with Gasteiger partial charge >= 0.3 is 0 Å². The van der Waals surface area contributed by atoms with Crippen LogP contribution in [0, 0.1) is 0 Å². The van der Waals surface area contributed by atoms with Gasteiger partial charge in [0.2, 0.25) is 15.8 Å². The van der Waals surface area contributed by atoms with Gasteiger partial charge in [-0.1, -0.05) is 35.9 Å². The van der Waals surface area contributed by atoms with Crippen molar-refractivity contribution in [2.45, 2.75) is 13.0 Å². The molecule has 140 valence electrons. The van der Waals surface area contributed by atoms with Gasteiger partial charge in [0, 0.05) is 27.0 Å². The highest BCUT2D eigenvalue weighted by atomic mass is 35.5. The van der Waals surface area contributed by atoms with E-state index in [9.17, 15) is 13.2 Å². The van der Waals surface area contributed by atoms with Crippen molar-refractivity contribution in [2.75, 3.05) is 11.0 Å². The van der Waals surface area contributed by atoms with Crippen molar-refractivity contribution in [2.24, 2.45) is 0 Å². The molecule has 5 nitrogen and oxygen atoms in total. The number of nitrogens with one attached hydrogen (secondary N) is 1. The maximum absolute atomic E-state index is 12.7. The predicted molar refractivity (Wildman–Crippen MR) is 108 cm³/mol. The van der Waals surface area contributed by atoms with Gasteiger partial charge in [-0.25, -0.2) is 8.42 Å². The molecule has 0 aliphatic carbocycles. The van der Waals surface area contributed by atoms with Crippen molar-refractivity contribution in [3.63, 3.8) is 0 Å². The zero-order chi connectivity index (χ0) is 19.6. The topological polar surface area (TPSA) is 72.5 Å². The molecule has 3 aromatic carbocycles. The molecule has 0 aliphatic heterocycles. The van der Waals surface area contributed by atoms with Crippen LogP contribution in [-0.4, -0.2) is 26.6 Å². The molecule has 0 spiro atoms. The molecule has 27 heavy (non-hydrogen) atoms. The van der Waals surface area contributed by atoms with Crippen LogP contribution in [0.5, 0.6) is 5.75 Å². The monoisotopic (exact) mass is 403 g/mol. The Morgan fingerprint density at radius 1 is 1.00 bits per heavy atom. The van der Waals surface area contributed by atoms with E-state index in [0.29, 0.717) is 22.0 Å². The number of sulfonamides is 1. The predicted octanol–water partition coefficient (Wildman–Crippen LogP) is 4.51. The lowest BCUT2D eigenvalue weighted by Gasteiger charge is -2.16. The summed E-state index contributed by atoms with van der Waals surface area (Å²) in [4.78, 5) is 12.7. The zero-order valence-electron chi connectivity index (χ0n) is 14.8. The summed E-state index contributed by atoms with van der Waals surface area (Å²) >= 11 is 6.21. The van der Waals surface area contributed by atoms with E-state index in [-0.39, 0.29) is 5.78 Å². The molecular formula is C20H18ClNO4S. The van der Waals surface area contributed by atoms with Crippen molar-refractivity contribution in [3.8, 4) is 5.75 Å². The van der Waals surface area contributed by atoms with Crippen LogP contribution < -0.4 is 9.46 Å². The van der Waals surface area contributed by atoms with Gasteiger partial charge in [-0.3, -0.25) is 9.52 Å². The SMILES string of the molecule is C[C@H](Oc1ccc(Cl)c2ccccc12)C(=O)c1ccc(NS(C)(=O)=O)cc1. The first-order valence-corrected chi connectivity index (χ1v) is 10.5. The minimum Gasteiger partial charge on any atom is -0.482 e. The van der Waals surface area contributed by atoms with Gasteiger partial charge in [0.1, 0.15) is 5.75 Å². The molecule has 7 heteroatoms. The molecule has 0 aromatic heterocycles. The molecule has 0 radical (unpaired) electrons. The fourth-order valence-corrected chi connectivity index (χ4v) is 3.52. The summed E-state index contributed by atoms with van der Waals surface area (Å²) in [6, 6.07) is 17.2. The highest BCUT2D eigenvalue weighted by Gasteiger charge is 2.18. The van der Waals surface area contributed by atoms with Gasteiger partial charge < -0.3 is 4.74 Å². The standard InChI is InChI=1S/C20H18ClNO4S/c1-13(20(23)14-7-9-15(10-8-14)22-27(2,24)25)26-19-12-11-18(21)16-5-3-4-6-17(16)19/h3-13,22H,1-2H3/t13-/m0/s1. The Hall–Kier alpha value is -2.57. The van der Waals surface area contributed by atoms with Gasteiger partial charge in [-0.15, -0.1) is 0 Å². The van der Waals surface area contributed by atoms with E-state index in [1.54, 1.807) is 43.3 Å². The van der Waals surface area contributed by atoms with Crippen LogP contribution in [0.15, 0.2) is 60.7 Å². The van der Waals surface area contributed by atoms with E-state index < -0.39 is 16.1 Å². The summed E-state index contributed by atoms with van der Waals surface area (Å²) < 4.78 is 30.8. The molecule has 3 aromatic rings. The molecule has 1 N–H and O–H groups in total. The molecule has 3 rings (SSSR count). The Morgan fingerprint density at radius 2 is 1.63 bits per heavy atom. The summed E-state index contributed by atoms with van der Waals surface area (Å²) in [7, 11) is -3.36. The second-order valence-electron chi connectivity index (χ2n) is 6.17. The minimum absolute atomic E-state index is 0.208. The fraction of sp³-hybridized carbons (Fsp3) is 0.150. The van der Waals surface area contributed by atoms with Gasteiger partial charge in [0.15, 0.2) is 6.10 Å². The number of Topliss-reactive ketones (excluding diaryl/α,β-unsaturated/α-hetero) is 1. The number of anilines is 1. The lowest BCUT2D eigenvalue weighted by Crippen LogP contribution is -2.24. The summed E-state index contributed by atoms with van der Waals surface area (Å²) in [6.45, 7) is 1.67. The average Bonchev–Trinajstić information content (AvgIpc) is 2.63. The Bertz CT molecular complexity index is 1090. The maximum atomic E-state index is 12.7. The lowest BCUT2D eigenvalue weighted by molar-refractivity contribution is 0.0820.